The molecule has 0 atom stereocenters. The molecule has 3 aromatic rings. The molecule has 122 valence electrons. The Morgan fingerprint density at radius 1 is 1.21 bits per heavy atom. The Bertz CT molecular complexity index is 881. The molecule has 24 heavy (non-hydrogen) atoms. The van der Waals surface area contributed by atoms with E-state index in [1.165, 1.54) is 24.4 Å². The SMILES string of the molecule is O=C(NCc1cc(-c2ccc(F)cc2)no1)c1cc(Cl)cnc1Cl. The standard InChI is InChI=1S/C16H10Cl2FN3O2/c17-10-5-13(15(18)20-7-10)16(23)21-8-12-6-14(22-24-12)9-1-3-11(19)4-2-9/h1-7H,8H2,(H,21,23). The van der Waals surface area contributed by atoms with E-state index in [1.54, 1.807) is 18.2 Å². The van der Waals surface area contributed by atoms with Crippen molar-refractivity contribution in [3.05, 3.63) is 69.9 Å². The lowest BCUT2D eigenvalue weighted by atomic mass is 10.1. The number of hydrogen-bond donors (Lipinski definition) is 1. The number of benzene rings is 1. The summed E-state index contributed by atoms with van der Waals surface area (Å²) in [7, 11) is 0. The zero-order valence-corrected chi connectivity index (χ0v) is 13.6. The quantitative estimate of drug-likeness (QED) is 0.706. The number of nitrogens with zero attached hydrogens (tertiary/aromatic N) is 2. The number of pyridine rings is 1. The molecule has 0 fully saturated rings. The Hall–Kier alpha value is -2.44. The highest BCUT2D eigenvalue weighted by Crippen LogP contribution is 2.20. The molecule has 1 amide bonds. The van der Waals surface area contributed by atoms with E-state index in [-0.39, 0.29) is 23.1 Å². The number of carbonyl (C=O) groups is 1. The number of aromatic nitrogens is 2. The Balaban J connectivity index is 1.68. The molecule has 1 aromatic carbocycles. The van der Waals surface area contributed by atoms with Crippen LogP contribution in [0, 0.1) is 5.82 Å². The molecular formula is C16H10Cl2FN3O2. The van der Waals surface area contributed by atoms with Crippen molar-refractivity contribution in [2.24, 2.45) is 0 Å². The first-order valence-corrected chi connectivity index (χ1v) is 7.59. The largest absolute Gasteiger partial charge is 0.359 e. The highest BCUT2D eigenvalue weighted by molar-refractivity contribution is 6.34. The summed E-state index contributed by atoms with van der Waals surface area (Å²) in [6, 6.07) is 8.93. The molecule has 0 radical (unpaired) electrons. The Morgan fingerprint density at radius 2 is 1.96 bits per heavy atom. The maximum Gasteiger partial charge on any atom is 0.254 e. The molecule has 1 N–H and O–H groups in total. The minimum absolute atomic E-state index is 0.0569. The second-order valence-electron chi connectivity index (χ2n) is 4.86. The van der Waals surface area contributed by atoms with Gasteiger partial charge in [0.1, 0.15) is 16.7 Å². The maximum absolute atomic E-state index is 12.9. The molecule has 0 saturated heterocycles. The van der Waals surface area contributed by atoms with Crippen LogP contribution in [0.25, 0.3) is 11.3 Å². The zero-order valence-electron chi connectivity index (χ0n) is 12.1. The first kappa shape index (κ1) is 16.4. The summed E-state index contributed by atoms with van der Waals surface area (Å²) in [4.78, 5) is 15.9. The lowest BCUT2D eigenvalue weighted by molar-refractivity contribution is 0.0947. The zero-order chi connectivity index (χ0) is 17.1. The molecule has 0 saturated carbocycles. The minimum atomic E-state index is -0.435. The van der Waals surface area contributed by atoms with E-state index >= 15 is 0 Å². The van der Waals surface area contributed by atoms with Gasteiger partial charge in [0.2, 0.25) is 0 Å². The van der Waals surface area contributed by atoms with Gasteiger partial charge < -0.3 is 9.84 Å². The second kappa shape index (κ2) is 6.98. The second-order valence-corrected chi connectivity index (χ2v) is 5.65. The Kier molecular flexibility index (Phi) is 4.78. The summed E-state index contributed by atoms with van der Waals surface area (Å²) < 4.78 is 18.1. The van der Waals surface area contributed by atoms with Crippen LogP contribution >= 0.6 is 23.2 Å². The van der Waals surface area contributed by atoms with Gasteiger partial charge in [0.15, 0.2) is 5.76 Å². The van der Waals surface area contributed by atoms with Crippen molar-refractivity contribution in [1.82, 2.24) is 15.5 Å². The molecule has 0 aliphatic carbocycles. The molecule has 3 rings (SSSR count). The smallest absolute Gasteiger partial charge is 0.254 e. The van der Waals surface area contributed by atoms with Crippen LogP contribution in [0.2, 0.25) is 10.2 Å². The molecular weight excluding hydrogens is 356 g/mol. The fourth-order valence-corrected chi connectivity index (χ4v) is 2.34. The Morgan fingerprint density at radius 3 is 2.71 bits per heavy atom. The average Bonchev–Trinajstić information content (AvgIpc) is 3.04. The van der Waals surface area contributed by atoms with Gasteiger partial charge in [-0.2, -0.15) is 0 Å². The molecule has 2 heterocycles. The van der Waals surface area contributed by atoms with Gasteiger partial charge in [0.05, 0.1) is 17.1 Å². The van der Waals surface area contributed by atoms with Crippen LogP contribution in [0.4, 0.5) is 4.39 Å². The van der Waals surface area contributed by atoms with E-state index in [4.69, 9.17) is 27.7 Å². The molecule has 0 spiro atoms. The number of carbonyl (C=O) groups excluding carboxylic acids is 1. The third-order valence-electron chi connectivity index (χ3n) is 3.17. The first-order valence-electron chi connectivity index (χ1n) is 6.84. The predicted octanol–water partition coefficient (Wildman–Crippen LogP) is 4.11. The van der Waals surface area contributed by atoms with E-state index < -0.39 is 5.91 Å². The van der Waals surface area contributed by atoms with Crippen molar-refractivity contribution in [3.8, 4) is 11.3 Å². The number of halogens is 3. The normalized spacial score (nSPS) is 10.6. The number of rotatable bonds is 4. The van der Waals surface area contributed by atoms with Crippen molar-refractivity contribution >= 4 is 29.1 Å². The van der Waals surface area contributed by atoms with Gasteiger partial charge in [-0.05, 0) is 30.3 Å². The van der Waals surface area contributed by atoms with Gasteiger partial charge >= 0.3 is 0 Å². The van der Waals surface area contributed by atoms with Gasteiger partial charge in [-0.1, -0.05) is 28.4 Å². The molecule has 0 aliphatic rings. The van der Waals surface area contributed by atoms with Crippen LogP contribution in [-0.2, 0) is 6.54 Å². The Labute approximate surface area is 146 Å². The van der Waals surface area contributed by atoms with Gasteiger partial charge in [0, 0.05) is 17.8 Å². The maximum atomic E-state index is 12.9. The lowest BCUT2D eigenvalue weighted by Crippen LogP contribution is -2.23. The van der Waals surface area contributed by atoms with Crippen LogP contribution in [0.5, 0.6) is 0 Å². The molecule has 2 aromatic heterocycles. The molecule has 8 heteroatoms. The summed E-state index contributed by atoms with van der Waals surface area (Å²) in [5, 5.41) is 6.90. The van der Waals surface area contributed by atoms with Crippen molar-refractivity contribution in [2.75, 3.05) is 0 Å². The predicted molar refractivity (Wildman–Crippen MR) is 87.3 cm³/mol. The monoisotopic (exact) mass is 365 g/mol. The summed E-state index contributed by atoms with van der Waals surface area (Å²) >= 11 is 11.7. The van der Waals surface area contributed by atoms with Crippen LogP contribution < -0.4 is 5.32 Å². The van der Waals surface area contributed by atoms with E-state index in [0.29, 0.717) is 22.0 Å². The van der Waals surface area contributed by atoms with Gasteiger partial charge in [-0.15, -0.1) is 0 Å². The molecule has 0 bridgehead atoms. The molecule has 5 nitrogen and oxygen atoms in total. The number of amides is 1. The summed E-state index contributed by atoms with van der Waals surface area (Å²) in [6.45, 7) is 0.107. The van der Waals surface area contributed by atoms with Crippen molar-refractivity contribution in [1.29, 1.82) is 0 Å². The van der Waals surface area contributed by atoms with Gasteiger partial charge in [-0.25, -0.2) is 9.37 Å². The van der Waals surface area contributed by atoms with Gasteiger partial charge in [-0.3, -0.25) is 4.79 Å². The van der Waals surface area contributed by atoms with E-state index in [9.17, 15) is 9.18 Å². The highest BCUT2D eigenvalue weighted by Gasteiger charge is 2.13. The van der Waals surface area contributed by atoms with Crippen molar-refractivity contribution in [2.45, 2.75) is 6.54 Å². The topological polar surface area (TPSA) is 68.0 Å². The third kappa shape index (κ3) is 3.72. The summed E-state index contributed by atoms with van der Waals surface area (Å²) in [5.41, 5.74) is 1.42. The van der Waals surface area contributed by atoms with Crippen molar-refractivity contribution < 1.29 is 13.7 Å². The van der Waals surface area contributed by atoms with E-state index in [0.717, 1.165) is 0 Å². The fourth-order valence-electron chi connectivity index (χ4n) is 2.00. The van der Waals surface area contributed by atoms with Crippen LogP contribution in [0.15, 0.2) is 47.1 Å². The number of hydrogen-bond acceptors (Lipinski definition) is 4. The fraction of sp³-hybridized carbons (Fsp3) is 0.0625. The van der Waals surface area contributed by atoms with Crippen LogP contribution in [-0.4, -0.2) is 16.0 Å². The third-order valence-corrected chi connectivity index (χ3v) is 3.68. The average molecular weight is 366 g/mol. The summed E-state index contributed by atoms with van der Waals surface area (Å²) in [5.74, 6) is -0.328. The molecule has 0 aliphatic heterocycles. The van der Waals surface area contributed by atoms with E-state index in [1.807, 2.05) is 0 Å². The van der Waals surface area contributed by atoms with E-state index in [2.05, 4.69) is 15.5 Å². The first-order chi connectivity index (χ1) is 11.5. The van der Waals surface area contributed by atoms with Crippen molar-refractivity contribution in [3.63, 3.8) is 0 Å². The minimum Gasteiger partial charge on any atom is -0.359 e. The van der Waals surface area contributed by atoms with Gasteiger partial charge in [0.25, 0.3) is 5.91 Å². The molecule has 0 unspecified atom stereocenters. The lowest BCUT2D eigenvalue weighted by Gasteiger charge is -2.04. The van der Waals surface area contributed by atoms with Crippen LogP contribution in [0.1, 0.15) is 16.1 Å². The number of nitrogens with one attached hydrogen (secondary N) is 1. The van der Waals surface area contributed by atoms with Crippen LogP contribution in [0.3, 0.4) is 0 Å². The highest BCUT2D eigenvalue weighted by atomic mass is 35.5. The summed E-state index contributed by atoms with van der Waals surface area (Å²) in [6.07, 6.45) is 1.35.